The molecule has 1 aromatic heterocycles. The molecule has 0 aromatic carbocycles. The molecule has 1 atom stereocenters. The van der Waals surface area contributed by atoms with Crippen molar-refractivity contribution in [1.29, 1.82) is 0 Å². The molecule has 4 nitrogen and oxygen atoms in total. The molecule has 64 valence electrons. The molecule has 1 aromatic rings. The van der Waals surface area contributed by atoms with Crippen molar-refractivity contribution in [3.8, 4) is 0 Å². The maximum absolute atomic E-state index is 12.7. The standard InChI is InChI=1S/C7H6FNO3/c8-4-2-1-3-9-5(4)6(10)7(11)12/h1-3,6,10H,(H,11,12)/t6-/m1/s1. The quantitative estimate of drug-likeness (QED) is 0.673. The van der Waals surface area contributed by atoms with Crippen LogP contribution in [-0.2, 0) is 4.79 Å². The maximum atomic E-state index is 12.7. The second-order valence-corrected chi connectivity index (χ2v) is 2.11. The first-order valence-corrected chi connectivity index (χ1v) is 3.14. The van der Waals surface area contributed by atoms with Gasteiger partial charge in [0, 0.05) is 6.20 Å². The number of carbonyl (C=O) groups is 1. The Balaban J connectivity index is 3.02. The van der Waals surface area contributed by atoms with Crippen LogP contribution in [0.5, 0.6) is 0 Å². The monoisotopic (exact) mass is 171 g/mol. The van der Waals surface area contributed by atoms with Crippen LogP contribution in [0.3, 0.4) is 0 Å². The molecular weight excluding hydrogens is 165 g/mol. The summed E-state index contributed by atoms with van der Waals surface area (Å²) in [6, 6.07) is 2.35. The molecule has 0 fully saturated rings. The fourth-order valence-electron chi connectivity index (χ4n) is 0.716. The Morgan fingerprint density at radius 2 is 2.33 bits per heavy atom. The van der Waals surface area contributed by atoms with E-state index in [1.165, 1.54) is 12.3 Å². The van der Waals surface area contributed by atoms with Crippen LogP contribution in [0, 0.1) is 5.82 Å². The van der Waals surface area contributed by atoms with E-state index in [2.05, 4.69) is 4.98 Å². The molecule has 2 N–H and O–H groups in total. The van der Waals surface area contributed by atoms with Crippen molar-refractivity contribution in [2.75, 3.05) is 0 Å². The average molecular weight is 171 g/mol. The zero-order chi connectivity index (χ0) is 9.14. The second-order valence-electron chi connectivity index (χ2n) is 2.11. The smallest absolute Gasteiger partial charge is 0.338 e. The number of halogens is 1. The van der Waals surface area contributed by atoms with Gasteiger partial charge in [0.25, 0.3) is 0 Å². The van der Waals surface area contributed by atoms with Gasteiger partial charge in [0.2, 0.25) is 0 Å². The minimum atomic E-state index is -1.90. The van der Waals surface area contributed by atoms with E-state index in [4.69, 9.17) is 10.2 Å². The summed E-state index contributed by atoms with van der Waals surface area (Å²) < 4.78 is 12.7. The van der Waals surface area contributed by atoms with E-state index in [0.29, 0.717) is 0 Å². The van der Waals surface area contributed by atoms with Gasteiger partial charge in [0.1, 0.15) is 11.5 Å². The molecule has 0 bridgehead atoms. The normalized spacial score (nSPS) is 12.5. The summed E-state index contributed by atoms with van der Waals surface area (Å²) in [5.74, 6) is -2.35. The molecular formula is C7H6FNO3. The van der Waals surface area contributed by atoms with Crippen molar-refractivity contribution in [2.45, 2.75) is 6.10 Å². The van der Waals surface area contributed by atoms with Crippen LogP contribution >= 0.6 is 0 Å². The lowest BCUT2D eigenvalue weighted by atomic mass is 10.2. The summed E-state index contributed by atoms with van der Waals surface area (Å²) in [6.07, 6.45) is -0.684. The Hall–Kier alpha value is -1.49. The predicted octanol–water partition coefficient (Wildman–Crippen LogP) is 0.339. The molecule has 1 rings (SSSR count). The summed E-state index contributed by atoms with van der Waals surface area (Å²) in [7, 11) is 0. The highest BCUT2D eigenvalue weighted by Crippen LogP contribution is 2.12. The Bertz CT molecular complexity index is 302. The molecule has 0 aliphatic carbocycles. The molecule has 0 aliphatic rings. The van der Waals surface area contributed by atoms with Crippen LogP contribution in [0.4, 0.5) is 4.39 Å². The van der Waals surface area contributed by atoms with E-state index in [1.807, 2.05) is 0 Å². The highest BCUT2D eigenvalue weighted by molar-refractivity contribution is 5.73. The first-order chi connectivity index (χ1) is 5.63. The van der Waals surface area contributed by atoms with Gasteiger partial charge >= 0.3 is 5.97 Å². The lowest BCUT2D eigenvalue weighted by molar-refractivity contribution is -0.147. The molecule has 1 heterocycles. The molecule has 0 unspecified atom stereocenters. The number of rotatable bonds is 2. The predicted molar refractivity (Wildman–Crippen MR) is 36.8 cm³/mol. The molecule has 0 saturated carbocycles. The van der Waals surface area contributed by atoms with Crippen molar-refractivity contribution in [3.05, 3.63) is 29.8 Å². The summed E-state index contributed by atoms with van der Waals surface area (Å²) in [6.45, 7) is 0. The van der Waals surface area contributed by atoms with Crippen molar-refractivity contribution in [1.82, 2.24) is 4.98 Å². The highest BCUT2D eigenvalue weighted by Gasteiger charge is 2.20. The Labute approximate surface area is 67.3 Å². The first kappa shape index (κ1) is 8.61. The van der Waals surface area contributed by atoms with Crippen LogP contribution in [0.1, 0.15) is 11.8 Å². The minimum absolute atomic E-state index is 0.468. The van der Waals surface area contributed by atoms with E-state index in [0.717, 1.165) is 6.07 Å². The summed E-state index contributed by atoms with van der Waals surface area (Å²) in [5.41, 5.74) is -0.468. The number of carboxylic acid groups (broad SMARTS) is 1. The fraction of sp³-hybridized carbons (Fsp3) is 0.143. The van der Waals surface area contributed by atoms with Crippen LogP contribution in [0.25, 0.3) is 0 Å². The second kappa shape index (κ2) is 3.27. The number of aliphatic hydroxyl groups is 1. The van der Waals surface area contributed by atoms with Gasteiger partial charge < -0.3 is 10.2 Å². The van der Waals surface area contributed by atoms with Crippen molar-refractivity contribution >= 4 is 5.97 Å². The lowest BCUT2D eigenvalue weighted by Crippen LogP contribution is -2.13. The number of hydrogen-bond acceptors (Lipinski definition) is 3. The average Bonchev–Trinajstić information content (AvgIpc) is 2.04. The minimum Gasteiger partial charge on any atom is -0.479 e. The van der Waals surface area contributed by atoms with Gasteiger partial charge in [0.05, 0.1) is 0 Å². The molecule has 0 spiro atoms. The Kier molecular flexibility index (Phi) is 2.35. The van der Waals surface area contributed by atoms with Crippen LogP contribution in [-0.4, -0.2) is 21.2 Å². The van der Waals surface area contributed by atoms with Gasteiger partial charge in [-0.2, -0.15) is 0 Å². The largest absolute Gasteiger partial charge is 0.479 e. The first-order valence-electron chi connectivity index (χ1n) is 3.14. The number of carboxylic acids is 1. The van der Waals surface area contributed by atoms with E-state index in [1.54, 1.807) is 0 Å². The number of aliphatic carboxylic acids is 1. The van der Waals surface area contributed by atoms with Crippen LogP contribution in [0.2, 0.25) is 0 Å². The van der Waals surface area contributed by atoms with Crippen molar-refractivity contribution in [3.63, 3.8) is 0 Å². The summed E-state index contributed by atoms with van der Waals surface area (Å²) in [5, 5.41) is 17.2. The third-order valence-corrected chi connectivity index (χ3v) is 1.28. The van der Waals surface area contributed by atoms with E-state index in [-0.39, 0.29) is 0 Å². The number of aliphatic hydroxyl groups excluding tert-OH is 1. The van der Waals surface area contributed by atoms with Crippen LogP contribution in [0.15, 0.2) is 18.3 Å². The fourth-order valence-corrected chi connectivity index (χ4v) is 0.716. The van der Waals surface area contributed by atoms with Gasteiger partial charge in [-0.15, -0.1) is 0 Å². The zero-order valence-electron chi connectivity index (χ0n) is 5.94. The molecule has 0 aliphatic heterocycles. The topological polar surface area (TPSA) is 70.4 Å². The molecule has 5 heteroatoms. The molecule has 12 heavy (non-hydrogen) atoms. The highest BCUT2D eigenvalue weighted by atomic mass is 19.1. The van der Waals surface area contributed by atoms with Gasteiger partial charge in [0.15, 0.2) is 6.10 Å². The number of aromatic nitrogens is 1. The molecule has 0 saturated heterocycles. The number of hydrogen-bond donors (Lipinski definition) is 2. The van der Waals surface area contributed by atoms with Gasteiger partial charge in [-0.3, -0.25) is 4.98 Å². The Morgan fingerprint density at radius 3 is 2.83 bits per heavy atom. The van der Waals surface area contributed by atoms with Crippen molar-refractivity contribution in [2.24, 2.45) is 0 Å². The third-order valence-electron chi connectivity index (χ3n) is 1.28. The molecule has 0 amide bonds. The Morgan fingerprint density at radius 1 is 1.67 bits per heavy atom. The lowest BCUT2D eigenvalue weighted by Gasteiger charge is -2.04. The molecule has 0 radical (unpaired) electrons. The zero-order valence-corrected chi connectivity index (χ0v) is 5.94. The van der Waals surface area contributed by atoms with Gasteiger partial charge in [-0.05, 0) is 12.1 Å². The van der Waals surface area contributed by atoms with Crippen LogP contribution < -0.4 is 0 Å². The SMILES string of the molecule is O=C(O)[C@H](O)c1ncccc1F. The third kappa shape index (κ3) is 1.57. The number of pyridine rings is 1. The number of nitrogens with zero attached hydrogens (tertiary/aromatic N) is 1. The van der Waals surface area contributed by atoms with E-state index < -0.39 is 23.6 Å². The van der Waals surface area contributed by atoms with Crippen molar-refractivity contribution < 1.29 is 19.4 Å². The van der Waals surface area contributed by atoms with Gasteiger partial charge in [-0.1, -0.05) is 0 Å². The summed E-state index contributed by atoms with van der Waals surface area (Å²) in [4.78, 5) is 13.6. The maximum Gasteiger partial charge on any atom is 0.338 e. The summed E-state index contributed by atoms with van der Waals surface area (Å²) >= 11 is 0. The van der Waals surface area contributed by atoms with Gasteiger partial charge in [-0.25, -0.2) is 9.18 Å². The van der Waals surface area contributed by atoms with E-state index in [9.17, 15) is 9.18 Å². The van der Waals surface area contributed by atoms with E-state index >= 15 is 0 Å².